The SMILES string of the molecule is Cc1ccc(C(N)=O)cc1-c1n[nH]c2cc[nH]c12. The Morgan fingerprint density at radius 1 is 1.33 bits per heavy atom. The van der Waals surface area contributed by atoms with Gasteiger partial charge in [-0.25, -0.2) is 0 Å². The van der Waals surface area contributed by atoms with Crippen LogP contribution < -0.4 is 5.73 Å². The molecule has 0 atom stereocenters. The number of carbonyl (C=O) groups excluding carboxylic acids is 1. The first kappa shape index (κ1) is 10.6. The number of aryl methyl sites for hydroxylation is 1. The molecule has 0 saturated carbocycles. The maximum Gasteiger partial charge on any atom is 0.248 e. The Hall–Kier alpha value is -2.56. The summed E-state index contributed by atoms with van der Waals surface area (Å²) in [6, 6.07) is 7.28. The lowest BCUT2D eigenvalue weighted by Crippen LogP contribution is -2.11. The summed E-state index contributed by atoms with van der Waals surface area (Å²) < 4.78 is 0. The zero-order valence-corrected chi connectivity index (χ0v) is 9.82. The van der Waals surface area contributed by atoms with Crippen LogP contribution in [0.2, 0.25) is 0 Å². The number of benzene rings is 1. The summed E-state index contributed by atoms with van der Waals surface area (Å²) in [5.74, 6) is -0.436. The standard InChI is InChI=1S/C13H12N4O/c1-7-2-3-8(13(14)18)6-9(7)11-12-10(16-17-11)4-5-15-12/h2-6,15H,1H3,(H2,14,18)(H,16,17). The van der Waals surface area contributed by atoms with Crippen molar-refractivity contribution in [2.45, 2.75) is 6.92 Å². The summed E-state index contributed by atoms with van der Waals surface area (Å²) in [6.07, 6.45) is 1.85. The number of nitrogens with one attached hydrogen (secondary N) is 2. The molecule has 0 bridgehead atoms. The predicted molar refractivity (Wildman–Crippen MR) is 69.1 cm³/mol. The maximum atomic E-state index is 11.2. The van der Waals surface area contributed by atoms with Gasteiger partial charge in [0.25, 0.3) is 0 Å². The lowest BCUT2D eigenvalue weighted by molar-refractivity contribution is 0.100. The van der Waals surface area contributed by atoms with Gasteiger partial charge in [0.05, 0.1) is 11.0 Å². The monoisotopic (exact) mass is 240 g/mol. The highest BCUT2D eigenvalue weighted by Gasteiger charge is 2.13. The van der Waals surface area contributed by atoms with Crippen LogP contribution in [0.15, 0.2) is 30.5 Å². The summed E-state index contributed by atoms with van der Waals surface area (Å²) >= 11 is 0. The first-order valence-electron chi connectivity index (χ1n) is 5.59. The third-order valence-corrected chi connectivity index (χ3v) is 3.05. The average Bonchev–Trinajstić information content (AvgIpc) is 2.91. The van der Waals surface area contributed by atoms with E-state index in [1.54, 1.807) is 12.1 Å². The van der Waals surface area contributed by atoms with Gasteiger partial charge in [-0.15, -0.1) is 0 Å². The van der Waals surface area contributed by atoms with E-state index in [1.807, 2.05) is 25.3 Å². The van der Waals surface area contributed by atoms with Crippen molar-refractivity contribution >= 4 is 16.9 Å². The van der Waals surface area contributed by atoms with Gasteiger partial charge in [0.1, 0.15) is 5.69 Å². The van der Waals surface area contributed by atoms with Crippen LogP contribution in [0.25, 0.3) is 22.3 Å². The van der Waals surface area contributed by atoms with Crippen molar-refractivity contribution < 1.29 is 4.79 Å². The van der Waals surface area contributed by atoms with Gasteiger partial charge in [-0.1, -0.05) is 6.07 Å². The van der Waals surface area contributed by atoms with E-state index in [9.17, 15) is 4.79 Å². The van der Waals surface area contributed by atoms with Crippen LogP contribution >= 0.6 is 0 Å². The Labute approximate surface area is 103 Å². The summed E-state index contributed by atoms with van der Waals surface area (Å²) in [6.45, 7) is 1.98. The van der Waals surface area contributed by atoms with Gasteiger partial charge in [0, 0.05) is 17.3 Å². The molecule has 5 heteroatoms. The second kappa shape index (κ2) is 3.73. The number of aromatic amines is 2. The minimum atomic E-state index is -0.436. The smallest absolute Gasteiger partial charge is 0.248 e. The predicted octanol–water partition coefficient (Wildman–Crippen LogP) is 1.97. The van der Waals surface area contributed by atoms with E-state index >= 15 is 0 Å². The minimum Gasteiger partial charge on any atom is -0.366 e. The molecule has 90 valence electrons. The number of amides is 1. The van der Waals surface area contributed by atoms with Crippen molar-refractivity contribution in [2.24, 2.45) is 5.73 Å². The lowest BCUT2D eigenvalue weighted by atomic mass is 10.0. The number of nitrogens with zero attached hydrogens (tertiary/aromatic N) is 1. The van der Waals surface area contributed by atoms with Crippen molar-refractivity contribution in [3.8, 4) is 11.3 Å². The zero-order chi connectivity index (χ0) is 12.7. The Morgan fingerprint density at radius 2 is 2.17 bits per heavy atom. The van der Waals surface area contributed by atoms with Gasteiger partial charge < -0.3 is 10.7 Å². The number of rotatable bonds is 2. The Morgan fingerprint density at radius 3 is 2.94 bits per heavy atom. The number of H-pyrrole nitrogens is 2. The lowest BCUT2D eigenvalue weighted by Gasteiger charge is -2.04. The van der Waals surface area contributed by atoms with E-state index in [-0.39, 0.29) is 0 Å². The molecule has 0 fully saturated rings. The number of fused-ring (bicyclic) bond motifs is 1. The Kier molecular flexibility index (Phi) is 2.19. The first-order valence-corrected chi connectivity index (χ1v) is 5.59. The first-order chi connectivity index (χ1) is 8.66. The maximum absolute atomic E-state index is 11.2. The molecule has 4 N–H and O–H groups in total. The average molecular weight is 240 g/mol. The van der Waals surface area contributed by atoms with Crippen molar-refractivity contribution in [2.75, 3.05) is 0 Å². The van der Waals surface area contributed by atoms with Crippen LogP contribution in [-0.2, 0) is 0 Å². The number of primary amides is 1. The fourth-order valence-electron chi connectivity index (χ4n) is 2.06. The van der Waals surface area contributed by atoms with Crippen LogP contribution in [0.5, 0.6) is 0 Å². The molecule has 1 aromatic carbocycles. The summed E-state index contributed by atoms with van der Waals surface area (Å²) in [5.41, 5.74) is 10.4. The van der Waals surface area contributed by atoms with E-state index in [0.717, 1.165) is 27.9 Å². The van der Waals surface area contributed by atoms with E-state index in [0.29, 0.717) is 5.56 Å². The van der Waals surface area contributed by atoms with Crippen LogP contribution in [0, 0.1) is 6.92 Å². The number of hydrogen-bond acceptors (Lipinski definition) is 2. The molecule has 0 aliphatic rings. The molecule has 0 aliphatic heterocycles. The van der Waals surface area contributed by atoms with Crippen LogP contribution in [0.3, 0.4) is 0 Å². The van der Waals surface area contributed by atoms with E-state index < -0.39 is 5.91 Å². The molecule has 5 nitrogen and oxygen atoms in total. The highest BCUT2D eigenvalue weighted by Crippen LogP contribution is 2.28. The van der Waals surface area contributed by atoms with Crippen molar-refractivity contribution in [3.05, 3.63) is 41.6 Å². The highest BCUT2D eigenvalue weighted by molar-refractivity contribution is 5.96. The van der Waals surface area contributed by atoms with Crippen LogP contribution in [0.1, 0.15) is 15.9 Å². The van der Waals surface area contributed by atoms with Gasteiger partial charge >= 0.3 is 0 Å². The van der Waals surface area contributed by atoms with Crippen molar-refractivity contribution in [3.63, 3.8) is 0 Å². The van der Waals surface area contributed by atoms with Crippen molar-refractivity contribution in [1.82, 2.24) is 15.2 Å². The molecule has 18 heavy (non-hydrogen) atoms. The molecule has 2 aromatic heterocycles. The Balaban J connectivity index is 2.25. The third-order valence-electron chi connectivity index (χ3n) is 3.05. The van der Waals surface area contributed by atoms with Gasteiger partial charge in [0.2, 0.25) is 5.91 Å². The molecule has 0 unspecified atom stereocenters. The van der Waals surface area contributed by atoms with E-state index in [4.69, 9.17) is 5.73 Å². The molecule has 1 amide bonds. The second-order valence-electron chi connectivity index (χ2n) is 4.23. The topological polar surface area (TPSA) is 87.6 Å². The molecule has 3 rings (SSSR count). The molecular weight excluding hydrogens is 228 g/mol. The number of aromatic nitrogens is 3. The minimum absolute atomic E-state index is 0.436. The van der Waals surface area contributed by atoms with Gasteiger partial charge in [-0.05, 0) is 30.7 Å². The molecule has 0 saturated heterocycles. The van der Waals surface area contributed by atoms with Crippen molar-refractivity contribution in [1.29, 1.82) is 0 Å². The van der Waals surface area contributed by atoms with E-state index in [1.165, 1.54) is 0 Å². The fourth-order valence-corrected chi connectivity index (χ4v) is 2.06. The summed E-state index contributed by atoms with van der Waals surface area (Å²) in [7, 11) is 0. The zero-order valence-electron chi connectivity index (χ0n) is 9.82. The van der Waals surface area contributed by atoms with Gasteiger partial charge in [0.15, 0.2) is 0 Å². The molecule has 3 aromatic rings. The molecule has 0 radical (unpaired) electrons. The highest BCUT2D eigenvalue weighted by atomic mass is 16.1. The van der Waals surface area contributed by atoms with Crippen LogP contribution in [0.4, 0.5) is 0 Å². The summed E-state index contributed by atoms with van der Waals surface area (Å²) in [4.78, 5) is 14.4. The quantitative estimate of drug-likeness (QED) is 0.639. The Bertz CT molecular complexity index is 738. The normalized spacial score (nSPS) is 10.9. The largest absolute Gasteiger partial charge is 0.366 e. The third kappa shape index (κ3) is 1.48. The van der Waals surface area contributed by atoms with Gasteiger partial charge in [-0.3, -0.25) is 9.89 Å². The second-order valence-corrected chi connectivity index (χ2v) is 4.23. The molecule has 0 aliphatic carbocycles. The number of carbonyl (C=O) groups is 1. The van der Waals surface area contributed by atoms with Gasteiger partial charge in [-0.2, -0.15) is 5.10 Å². The summed E-state index contributed by atoms with van der Waals surface area (Å²) in [5, 5.41) is 7.22. The fraction of sp³-hybridized carbons (Fsp3) is 0.0769. The van der Waals surface area contributed by atoms with E-state index in [2.05, 4.69) is 15.2 Å². The molecule has 2 heterocycles. The molecule has 0 spiro atoms. The number of hydrogen-bond donors (Lipinski definition) is 3. The number of nitrogens with two attached hydrogens (primary N) is 1. The molecular formula is C13H12N4O. The van der Waals surface area contributed by atoms with Crippen LogP contribution in [-0.4, -0.2) is 21.1 Å².